The molecule has 7 heteroatoms. The van der Waals surface area contributed by atoms with Crippen LogP contribution in [0.15, 0.2) is 29.3 Å². The summed E-state index contributed by atoms with van der Waals surface area (Å²) < 4.78 is 0. The van der Waals surface area contributed by atoms with Gasteiger partial charge in [-0.15, -0.1) is 0 Å². The molecule has 6 nitrogen and oxygen atoms in total. The first-order chi connectivity index (χ1) is 11.3. The Kier molecular flexibility index (Phi) is 5.30. The molecule has 0 aliphatic carbocycles. The van der Waals surface area contributed by atoms with Crippen molar-refractivity contribution in [2.75, 3.05) is 24.2 Å². The number of nitrogens with zero attached hydrogens (tertiary/aromatic N) is 4. The molecule has 2 rings (SSSR count). The number of anilines is 1. The maximum absolute atomic E-state index is 12.3. The molecule has 0 saturated carbocycles. The molecule has 0 aromatic heterocycles. The van der Waals surface area contributed by atoms with Crippen molar-refractivity contribution in [3.63, 3.8) is 0 Å². The van der Waals surface area contributed by atoms with Crippen LogP contribution in [-0.4, -0.2) is 46.8 Å². The van der Waals surface area contributed by atoms with Crippen LogP contribution in [0.2, 0.25) is 0 Å². The van der Waals surface area contributed by atoms with Gasteiger partial charge in [-0.3, -0.25) is 19.5 Å². The van der Waals surface area contributed by atoms with E-state index in [9.17, 15) is 9.59 Å². The summed E-state index contributed by atoms with van der Waals surface area (Å²) in [6.07, 6.45) is 0. The summed E-state index contributed by atoms with van der Waals surface area (Å²) in [7, 11) is 1.60. The van der Waals surface area contributed by atoms with Crippen LogP contribution in [0.3, 0.4) is 0 Å². The second kappa shape index (κ2) is 7.05. The maximum Gasteiger partial charge on any atom is 0.254 e. The van der Waals surface area contributed by atoms with Gasteiger partial charge in [0.05, 0.1) is 17.5 Å². The van der Waals surface area contributed by atoms with Gasteiger partial charge in [-0.2, -0.15) is 5.26 Å². The monoisotopic (exact) mass is 344 g/mol. The lowest BCUT2D eigenvalue weighted by atomic mass is 10.1. The van der Waals surface area contributed by atoms with E-state index in [-0.39, 0.29) is 24.1 Å². The number of hydrogen-bond acceptors (Lipinski definition) is 5. The Morgan fingerprint density at radius 3 is 2.62 bits per heavy atom. The van der Waals surface area contributed by atoms with E-state index in [0.717, 1.165) is 11.3 Å². The zero-order chi connectivity index (χ0) is 17.9. The van der Waals surface area contributed by atoms with E-state index in [1.807, 2.05) is 31.2 Å². The predicted octanol–water partition coefficient (Wildman–Crippen LogP) is 2.19. The number of carbonyl (C=O) groups excluding carboxylic acids is 2. The Hall–Kier alpha value is -2.33. The first-order valence-corrected chi connectivity index (χ1v) is 8.49. The van der Waals surface area contributed by atoms with Crippen LogP contribution in [0.1, 0.15) is 19.4 Å². The normalized spacial score (nSPS) is 14.4. The Balaban J connectivity index is 2.06. The molecule has 1 aliphatic heterocycles. The average Bonchev–Trinajstić information content (AvgIpc) is 2.93. The third-order valence-electron chi connectivity index (χ3n) is 3.89. The van der Waals surface area contributed by atoms with Crippen molar-refractivity contribution < 1.29 is 9.59 Å². The van der Waals surface area contributed by atoms with Crippen molar-refractivity contribution in [2.24, 2.45) is 4.99 Å². The van der Waals surface area contributed by atoms with Gasteiger partial charge in [-0.1, -0.05) is 29.5 Å². The molecule has 0 atom stereocenters. The topological polar surface area (TPSA) is 76.8 Å². The molecule has 0 fully saturated rings. The molecule has 0 spiro atoms. The van der Waals surface area contributed by atoms with Crippen LogP contribution in [0, 0.1) is 18.3 Å². The Morgan fingerprint density at radius 1 is 1.42 bits per heavy atom. The van der Waals surface area contributed by atoms with Gasteiger partial charge in [0.1, 0.15) is 12.1 Å². The molecule has 0 saturated heterocycles. The van der Waals surface area contributed by atoms with Gasteiger partial charge in [0.25, 0.3) is 5.91 Å². The summed E-state index contributed by atoms with van der Waals surface area (Å²) in [5.41, 5.74) is 0.973. The second-order valence-electron chi connectivity index (χ2n) is 6.08. The number of amides is 2. The van der Waals surface area contributed by atoms with Gasteiger partial charge >= 0.3 is 0 Å². The summed E-state index contributed by atoms with van der Waals surface area (Å²) in [6, 6.07) is 9.68. The summed E-state index contributed by atoms with van der Waals surface area (Å²) >= 11 is 1.21. The van der Waals surface area contributed by atoms with Crippen molar-refractivity contribution in [1.82, 2.24) is 4.90 Å². The smallest absolute Gasteiger partial charge is 0.254 e. The second-order valence-corrected chi connectivity index (χ2v) is 7.02. The molecule has 1 aliphatic rings. The van der Waals surface area contributed by atoms with Crippen molar-refractivity contribution in [1.29, 1.82) is 5.26 Å². The van der Waals surface area contributed by atoms with E-state index in [4.69, 9.17) is 5.26 Å². The number of thioether (sulfide) groups is 1. The van der Waals surface area contributed by atoms with E-state index in [2.05, 4.69) is 11.1 Å². The Morgan fingerprint density at radius 2 is 2.04 bits per heavy atom. The van der Waals surface area contributed by atoms with E-state index < -0.39 is 5.54 Å². The molecule has 2 amide bonds. The molecule has 1 aromatic rings. The van der Waals surface area contributed by atoms with Crippen LogP contribution >= 0.6 is 11.8 Å². The van der Waals surface area contributed by atoms with Crippen LogP contribution in [0.4, 0.5) is 5.69 Å². The molecule has 24 heavy (non-hydrogen) atoms. The van der Waals surface area contributed by atoms with E-state index >= 15 is 0 Å². The highest BCUT2D eigenvalue weighted by Gasteiger charge is 2.30. The number of benzene rings is 1. The number of amidine groups is 1. The molecule has 1 heterocycles. The van der Waals surface area contributed by atoms with E-state index in [1.165, 1.54) is 21.6 Å². The van der Waals surface area contributed by atoms with E-state index in [0.29, 0.717) is 5.17 Å². The highest BCUT2D eigenvalue weighted by molar-refractivity contribution is 8.14. The molecule has 126 valence electrons. The lowest BCUT2D eigenvalue weighted by Gasteiger charge is -2.29. The van der Waals surface area contributed by atoms with Crippen molar-refractivity contribution >= 4 is 34.4 Å². The quantitative estimate of drug-likeness (QED) is 0.839. The van der Waals surface area contributed by atoms with Gasteiger partial charge in [-0.25, -0.2) is 0 Å². The largest absolute Gasteiger partial charge is 0.327 e. The predicted molar refractivity (Wildman–Crippen MR) is 95.9 cm³/mol. The molecule has 0 bridgehead atoms. The highest BCUT2D eigenvalue weighted by Crippen LogP contribution is 2.25. The molecule has 0 radical (unpaired) electrons. The number of hydrogen-bond donors (Lipinski definition) is 0. The van der Waals surface area contributed by atoms with Crippen molar-refractivity contribution in [3.8, 4) is 6.07 Å². The van der Waals surface area contributed by atoms with Gasteiger partial charge in [0.15, 0.2) is 5.17 Å². The van der Waals surface area contributed by atoms with Crippen LogP contribution in [0.5, 0.6) is 0 Å². The summed E-state index contributed by atoms with van der Waals surface area (Å²) in [4.78, 5) is 31.6. The molecular formula is C17H20N4O2S. The number of aryl methyl sites for hydroxylation is 1. The summed E-state index contributed by atoms with van der Waals surface area (Å²) in [5, 5.41) is 9.63. The lowest BCUT2D eigenvalue weighted by Crippen LogP contribution is -2.45. The summed E-state index contributed by atoms with van der Waals surface area (Å²) in [5.74, 6) is -0.173. The first-order valence-electron chi connectivity index (χ1n) is 7.51. The number of carbonyl (C=O) groups is 2. The Bertz CT molecular complexity index is 719. The van der Waals surface area contributed by atoms with Gasteiger partial charge < -0.3 is 4.90 Å². The van der Waals surface area contributed by atoms with Gasteiger partial charge in [-0.05, 0) is 32.9 Å². The highest BCUT2D eigenvalue weighted by atomic mass is 32.2. The van der Waals surface area contributed by atoms with Gasteiger partial charge in [0.2, 0.25) is 5.91 Å². The average molecular weight is 344 g/mol. The molecular weight excluding hydrogens is 324 g/mol. The fourth-order valence-electron chi connectivity index (χ4n) is 2.05. The number of nitriles is 1. The SMILES string of the molecule is Cc1ccc(N2C(=O)CN=C2SCC(=O)N(C)C(C)(C)C#N)cc1. The fourth-order valence-corrected chi connectivity index (χ4v) is 2.99. The number of rotatable bonds is 4. The van der Waals surface area contributed by atoms with E-state index in [1.54, 1.807) is 20.9 Å². The number of aliphatic imine (C=N–C) groups is 1. The minimum Gasteiger partial charge on any atom is -0.327 e. The first kappa shape index (κ1) is 18.0. The summed E-state index contributed by atoms with van der Waals surface area (Å²) in [6.45, 7) is 5.43. The van der Waals surface area contributed by atoms with Crippen molar-refractivity contribution in [3.05, 3.63) is 29.8 Å². The fraction of sp³-hybridized carbons (Fsp3) is 0.412. The third kappa shape index (κ3) is 3.77. The molecule has 0 unspecified atom stereocenters. The Labute approximate surface area is 146 Å². The maximum atomic E-state index is 12.3. The minimum absolute atomic E-state index is 0.0872. The molecule has 1 aromatic carbocycles. The third-order valence-corrected chi connectivity index (χ3v) is 4.85. The zero-order valence-electron chi connectivity index (χ0n) is 14.2. The van der Waals surface area contributed by atoms with Crippen LogP contribution < -0.4 is 4.90 Å². The standard InChI is InChI=1S/C17H20N4O2S/c1-12-5-7-13(8-6-12)21-14(22)9-19-16(21)24-10-15(23)20(4)17(2,3)11-18/h5-8H,9-10H2,1-4H3. The molecule has 0 N–H and O–H groups in total. The zero-order valence-corrected chi connectivity index (χ0v) is 15.1. The van der Waals surface area contributed by atoms with Crippen LogP contribution in [-0.2, 0) is 9.59 Å². The lowest BCUT2D eigenvalue weighted by molar-refractivity contribution is -0.130. The van der Waals surface area contributed by atoms with Gasteiger partial charge in [0, 0.05) is 7.05 Å². The van der Waals surface area contributed by atoms with Crippen LogP contribution in [0.25, 0.3) is 0 Å². The van der Waals surface area contributed by atoms with Crippen molar-refractivity contribution in [2.45, 2.75) is 26.3 Å². The minimum atomic E-state index is -0.873.